The Kier molecular flexibility index (Phi) is 4.71. The van der Waals surface area contributed by atoms with Crippen LogP contribution in [0.3, 0.4) is 0 Å². The molecule has 4 heteroatoms. The second kappa shape index (κ2) is 5.62. The van der Waals surface area contributed by atoms with Gasteiger partial charge < -0.3 is 9.84 Å². The first kappa shape index (κ1) is 13.4. The maximum atomic E-state index is 13.0. The first-order valence-electron chi connectivity index (χ1n) is 5.16. The second-order valence-electron chi connectivity index (χ2n) is 3.92. The number of aliphatic hydroxyl groups is 1. The molecule has 0 fully saturated rings. The minimum Gasteiger partial charge on any atom is -0.387 e. The van der Waals surface area contributed by atoms with Crippen molar-refractivity contribution < 1.29 is 14.2 Å². The van der Waals surface area contributed by atoms with E-state index in [0.29, 0.717) is 17.0 Å². The summed E-state index contributed by atoms with van der Waals surface area (Å²) in [6.45, 7) is 2.06. The molecule has 0 bridgehead atoms. The lowest BCUT2D eigenvalue weighted by atomic mass is 9.92. The molecule has 2 nitrogen and oxygen atoms in total. The van der Waals surface area contributed by atoms with Gasteiger partial charge in [-0.1, -0.05) is 18.5 Å². The fourth-order valence-corrected chi connectivity index (χ4v) is 1.76. The standard InChI is InChI=1S/C12H16ClFO2/c1-3-12(15,8-16-2)7-9-6-10(14)4-5-11(9)13/h4-6,15H,3,7-8H2,1-2H3. The Morgan fingerprint density at radius 1 is 1.50 bits per heavy atom. The van der Waals surface area contributed by atoms with Crippen molar-refractivity contribution in [3.8, 4) is 0 Å². The summed E-state index contributed by atoms with van der Waals surface area (Å²) in [7, 11) is 1.52. The lowest BCUT2D eigenvalue weighted by molar-refractivity contribution is -0.0333. The summed E-state index contributed by atoms with van der Waals surface area (Å²) in [5.74, 6) is -0.352. The van der Waals surface area contributed by atoms with Crippen molar-refractivity contribution in [2.24, 2.45) is 0 Å². The number of rotatable bonds is 5. The molecule has 0 radical (unpaired) electrons. The van der Waals surface area contributed by atoms with E-state index in [2.05, 4.69) is 0 Å². The van der Waals surface area contributed by atoms with E-state index in [1.165, 1.54) is 25.3 Å². The van der Waals surface area contributed by atoms with Gasteiger partial charge in [-0.2, -0.15) is 0 Å². The van der Waals surface area contributed by atoms with Crippen LogP contribution in [0.1, 0.15) is 18.9 Å². The van der Waals surface area contributed by atoms with Gasteiger partial charge in [-0.05, 0) is 30.2 Å². The molecule has 1 aromatic rings. The van der Waals surface area contributed by atoms with Crippen LogP contribution in [0, 0.1) is 5.82 Å². The Morgan fingerprint density at radius 2 is 2.19 bits per heavy atom. The molecular formula is C12H16ClFO2. The molecule has 0 aliphatic carbocycles. The number of benzene rings is 1. The Balaban J connectivity index is 2.89. The van der Waals surface area contributed by atoms with Gasteiger partial charge in [0, 0.05) is 18.6 Å². The van der Waals surface area contributed by atoms with Gasteiger partial charge in [0.05, 0.1) is 12.2 Å². The lowest BCUT2D eigenvalue weighted by Gasteiger charge is -2.26. The second-order valence-corrected chi connectivity index (χ2v) is 4.33. The molecule has 1 unspecified atom stereocenters. The zero-order chi connectivity index (χ0) is 12.2. The van der Waals surface area contributed by atoms with E-state index >= 15 is 0 Å². The molecule has 0 aliphatic heterocycles. The van der Waals surface area contributed by atoms with Gasteiger partial charge in [0.25, 0.3) is 0 Å². The number of hydrogen-bond donors (Lipinski definition) is 1. The van der Waals surface area contributed by atoms with Crippen molar-refractivity contribution in [3.05, 3.63) is 34.6 Å². The van der Waals surface area contributed by atoms with Gasteiger partial charge in [-0.15, -0.1) is 0 Å². The molecule has 1 N–H and O–H groups in total. The normalized spacial score (nSPS) is 14.8. The Morgan fingerprint density at radius 3 is 2.75 bits per heavy atom. The molecule has 16 heavy (non-hydrogen) atoms. The summed E-state index contributed by atoms with van der Waals surface area (Å²) >= 11 is 5.94. The molecule has 0 aromatic heterocycles. The number of methoxy groups -OCH3 is 1. The molecule has 90 valence electrons. The predicted molar refractivity (Wildman–Crippen MR) is 62.2 cm³/mol. The highest BCUT2D eigenvalue weighted by Crippen LogP contribution is 2.24. The van der Waals surface area contributed by atoms with Crippen molar-refractivity contribution in [2.75, 3.05) is 13.7 Å². The average Bonchev–Trinajstić information content (AvgIpc) is 2.24. The van der Waals surface area contributed by atoms with Gasteiger partial charge in [0.2, 0.25) is 0 Å². The topological polar surface area (TPSA) is 29.5 Å². The minimum atomic E-state index is -0.994. The van der Waals surface area contributed by atoms with Crippen LogP contribution in [0.15, 0.2) is 18.2 Å². The summed E-state index contributed by atoms with van der Waals surface area (Å²) in [5.41, 5.74) is -0.394. The van der Waals surface area contributed by atoms with Crippen molar-refractivity contribution in [1.29, 1.82) is 0 Å². The molecular weight excluding hydrogens is 231 g/mol. The molecule has 0 amide bonds. The van der Waals surface area contributed by atoms with E-state index < -0.39 is 5.60 Å². The van der Waals surface area contributed by atoms with Crippen LogP contribution in [0.2, 0.25) is 5.02 Å². The van der Waals surface area contributed by atoms with Gasteiger partial charge in [0.15, 0.2) is 0 Å². The van der Waals surface area contributed by atoms with Crippen molar-refractivity contribution in [3.63, 3.8) is 0 Å². The summed E-state index contributed by atoms with van der Waals surface area (Å²) in [4.78, 5) is 0. The largest absolute Gasteiger partial charge is 0.387 e. The minimum absolute atomic E-state index is 0.205. The zero-order valence-electron chi connectivity index (χ0n) is 9.46. The van der Waals surface area contributed by atoms with E-state index in [1.54, 1.807) is 0 Å². The molecule has 0 saturated carbocycles. The highest BCUT2D eigenvalue weighted by Gasteiger charge is 2.26. The molecule has 0 aliphatic rings. The van der Waals surface area contributed by atoms with Gasteiger partial charge >= 0.3 is 0 Å². The van der Waals surface area contributed by atoms with Crippen LogP contribution in [-0.2, 0) is 11.2 Å². The van der Waals surface area contributed by atoms with Gasteiger partial charge in [-0.25, -0.2) is 4.39 Å². The third-order valence-electron chi connectivity index (χ3n) is 2.60. The monoisotopic (exact) mass is 246 g/mol. The first-order valence-corrected chi connectivity index (χ1v) is 5.54. The predicted octanol–water partition coefficient (Wildman–Crippen LogP) is 2.81. The summed E-state index contributed by atoms with van der Waals surface area (Å²) in [5, 5.41) is 10.6. The van der Waals surface area contributed by atoms with Crippen LogP contribution in [-0.4, -0.2) is 24.4 Å². The van der Waals surface area contributed by atoms with Gasteiger partial charge in [0.1, 0.15) is 5.82 Å². The van der Waals surface area contributed by atoms with Gasteiger partial charge in [-0.3, -0.25) is 0 Å². The van der Waals surface area contributed by atoms with Crippen LogP contribution in [0.25, 0.3) is 0 Å². The summed E-state index contributed by atoms with van der Waals surface area (Å²) in [6.07, 6.45) is 0.807. The fraction of sp³-hybridized carbons (Fsp3) is 0.500. The Hall–Kier alpha value is -0.640. The fourth-order valence-electron chi connectivity index (χ4n) is 1.58. The SMILES string of the molecule is CCC(O)(COC)Cc1cc(F)ccc1Cl. The number of halogens is 2. The molecule has 0 spiro atoms. The number of hydrogen-bond acceptors (Lipinski definition) is 2. The average molecular weight is 247 g/mol. The van der Waals surface area contributed by atoms with Crippen LogP contribution in [0.4, 0.5) is 4.39 Å². The van der Waals surface area contributed by atoms with E-state index in [-0.39, 0.29) is 18.8 Å². The van der Waals surface area contributed by atoms with Crippen molar-refractivity contribution in [1.82, 2.24) is 0 Å². The van der Waals surface area contributed by atoms with Crippen molar-refractivity contribution in [2.45, 2.75) is 25.4 Å². The third-order valence-corrected chi connectivity index (χ3v) is 2.97. The molecule has 1 atom stereocenters. The Bertz CT molecular complexity index is 357. The maximum absolute atomic E-state index is 13.0. The highest BCUT2D eigenvalue weighted by molar-refractivity contribution is 6.31. The zero-order valence-corrected chi connectivity index (χ0v) is 10.2. The van der Waals surface area contributed by atoms with Crippen LogP contribution < -0.4 is 0 Å². The Labute approximate surface area is 100.0 Å². The smallest absolute Gasteiger partial charge is 0.123 e. The summed E-state index contributed by atoms with van der Waals surface area (Å²) < 4.78 is 18.0. The number of ether oxygens (including phenoxy) is 1. The highest BCUT2D eigenvalue weighted by atomic mass is 35.5. The van der Waals surface area contributed by atoms with E-state index in [9.17, 15) is 9.50 Å². The molecule has 0 saturated heterocycles. The van der Waals surface area contributed by atoms with Crippen LogP contribution >= 0.6 is 11.6 Å². The third kappa shape index (κ3) is 3.44. The van der Waals surface area contributed by atoms with E-state index in [4.69, 9.17) is 16.3 Å². The van der Waals surface area contributed by atoms with E-state index in [1.807, 2.05) is 6.92 Å². The van der Waals surface area contributed by atoms with Crippen LogP contribution in [0.5, 0.6) is 0 Å². The molecule has 0 heterocycles. The quantitative estimate of drug-likeness (QED) is 0.866. The first-order chi connectivity index (χ1) is 7.50. The summed E-state index contributed by atoms with van der Waals surface area (Å²) in [6, 6.07) is 4.14. The van der Waals surface area contributed by atoms with Crippen molar-refractivity contribution >= 4 is 11.6 Å². The van der Waals surface area contributed by atoms with E-state index in [0.717, 1.165) is 0 Å². The molecule has 1 rings (SSSR count). The lowest BCUT2D eigenvalue weighted by Crippen LogP contribution is -2.36. The molecule has 1 aromatic carbocycles. The maximum Gasteiger partial charge on any atom is 0.123 e.